The highest BCUT2D eigenvalue weighted by molar-refractivity contribution is 7.89. The molecule has 0 aliphatic heterocycles. The zero-order valence-corrected chi connectivity index (χ0v) is 16.9. The number of sulfonamides is 1. The van der Waals surface area contributed by atoms with Gasteiger partial charge in [0, 0.05) is 14.1 Å². The second kappa shape index (κ2) is 8.22. The standard InChI is InChI=1S/C19H19ClN2O5S/c1-21(2)28(24,25)16-7-8-18(20)17(11-16)19(23)22(12-14-5-3-9-26-14)13-15-6-4-10-27-15/h3-11H,12-13H2,1-2H3. The van der Waals surface area contributed by atoms with Crippen molar-refractivity contribution in [2.45, 2.75) is 18.0 Å². The topological polar surface area (TPSA) is 84.0 Å². The molecular formula is C19H19ClN2O5S. The van der Waals surface area contributed by atoms with E-state index in [9.17, 15) is 13.2 Å². The average Bonchev–Trinajstić information content (AvgIpc) is 3.34. The van der Waals surface area contributed by atoms with Gasteiger partial charge in [0.1, 0.15) is 11.5 Å². The van der Waals surface area contributed by atoms with Crippen LogP contribution in [0.5, 0.6) is 0 Å². The third kappa shape index (κ3) is 4.30. The molecule has 0 bridgehead atoms. The molecule has 3 rings (SSSR count). The first-order valence-corrected chi connectivity index (χ1v) is 10.2. The van der Waals surface area contributed by atoms with Gasteiger partial charge >= 0.3 is 0 Å². The minimum absolute atomic E-state index is 0.0128. The Hall–Kier alpha value is -2.55. The van der Waals surface area contributed by atoms with E-state index in [1.165, 1.54) is 49.7 Å². The molecule has 7 nitrogen and oxygen atoms in total. The maximum atomic E-state index is 13.2. The van der Waals surface area contributed by atoms with Gasteiger partial charge in [-0.2, -0.15) is 0 Å². The Morgan fingerprint density at radius 1 is 1.00 bits per heavy atom. The number of furan rings is 2. The van der Waals surface area contributed by atoms with Gasteiger partial charge in [-0.25, -0.2) is 12.7 Å². The van der Waals surface area contributed by atoms with Crippen LogP contribution in [0, 0.1) is 0 Å². The summed E-state index contributed by atoms with van der Waals surface area (Å²) in [6.07, 6.45) is 3.03. The van der Waals surface area contributed by atoms with E-state index in [-0.39, 0.29) is 28.6 Å². The summed E-state index contributed by atoms with van der Waals surface area (Å²) in [6.45, 7) is 0.348. The van der Waals surface area contributed by atoms with Crippen LogP contribution in [-0.2, 0) is 23.1 Å². The van der Waals surface area contributed by atoms with E-state index in [4.69, 9.17) is 20.4 Å². The van der Waals surface area contributed by atoms with Gasteiger partial charge in [-0.1, -0.05) is 11.6 Å². The lowest BCUT2D eigenvalue weighted by atomic mass is 10.2. The van der Waals surface area contributed by atoms with Crippen LogP contribution >= 0.6 is 11.6 Å². The summed E-state index contributed by atoms with van der Waals surface area (Å²) in [6, 6.07) is 11.0. The number of hydrogen-bond acceptors (Lipinski definition) is 5. The molecule has 0 radical (unpaired) electrons. The van der Waals surface area contributed by atoms with E-state index in [1.54, 1.807) is 24.3 Å². The zero-order chi connectivity index (χ0) is 20.3. The molecule has 1 aromatic carbocycles. The predicted octanol–water partition coefficient (Wildman–Crippen LogP) is 3.62. The summed E-state index contributed by atoms with van der Waals surface area (Å²) < 4.78 is 36.6. The Morgan fingerprint density at radius 3 is 2.04 bits per heavy atom. The van der Waals surface area contributed by atoms with Crippen LogP contribution in [0.2, 0.25) is 5.02 Å². The van der Waals surface area contributed by atoms with E-state index >= 15 is 0 Å². The Bertz CT molecular complexity index is 1010. The maximum absolute atomic E-state index is 13.2. The van der Waals surface area contributed by atoms with E-state index in [0.717, 1.165) is 4.31 Å². The van der Waals surface area contributed by atoms with Gasteiger partial charge in [0.05, 0.1) is 41.1 Å². The van der Waals surface area contributed by atoms with E-state index in [2.05, 4.69) is 0 Å². The van der Waals surface area contributed by atoms with Gasteiger partial charge in [0.25, 0.3) is 5.91 Å². The van der Waals surface area contributed by atoms with Crippen LogP contribution < -0.4 is 0 Å². The number of carbonyl (C=O) groups is 1. The molecule has 2 heterocycles. The highest BCUT2D eigenvalue weighted by Gasteiger charge is 2.25. The lowest BCUT2D eigenvalue weighted by molar-refractivity contribution is 0.0704. The molecule has 28 heavy (non-hydrogen) atoms. The number of amides is 1. The summed E-state index contributed by atoms with van der Waals surface area (Å²) >= 11 is 6.23. The number of rotatable bonds is 7. The van der Waals surface area contributed by atoms with Gasteiger partial charge in [0.15, 0.2) is 0 Å². The van der Waals surface area contributed by atoms with Crippen LogP contribution in [0.25, 0.3) is 0 Å². The number of carbonyl (C=O) groups excluding carboxylic acids is 1. The molecule has 2 aromatic heterocycles. The summed E-state index contributed by atoms with van der Waals surface area (Å²) in [5.74, 6) is 0.717. The fourth-order valence-corrected chi connectivity index (χ4v) is 3.72. The first kappa shape index (κ1) is 20.2. The normalized spacial score (nSPS) is 11.7. The Morgan fingerprint density at radius 2 is 1.57 bits per heavy atom. The highest BCUT2D eigenvalue weighted by Crippen LogP contribution is 2.25. The molecule has 0 saturated heterocycles. The van der Waals surface area contributed by atoms with Crippen LogP contribution in [0.1, 0.15) is 21.9 Å². The molecule has 3 aromatic rings. The minimum atomic E-state index is -3.71. The highest BCUT2D eigenvalue weighted by atomic mass is 35.5. The first-order chi connectivity index (χ1) is 13.3. The van der Waals surface area contributed by atoms with Crippen molar-refractivity contribution < 1.29 is 22.0 Å². The Labute approximate surface area is 168 Å². The molecule has 9 heteroatoms. The van der Waals surface area contributed by atoms with Gasteiger partial charge in [-0.3, -0.25) is 4.79 Å². The number of hydrogen-bond donors (Lipinski definition) is 0. The van der Waals surface area contributed by atoms with Crippen molar-refractivity contribution in [2.75, 3.05) is 14.1 Å². The molecule has 0 spiro atoms. The second-order valence-corrected chi connectivity index (χ2v) is 8.81. The molecule has 0 unspecified atom stereocenters. The molecule has 0 atom stereocenters. The Balaban J connectivity index is 1.97. The van der Waals surface area contributed by atoms with Crippen molar-refractivity contribution in [3.8, 4) is 0 Å². The summed E-state index contributed by atoms with van der Waals surface area (Å²) in [5, 5.41) is 0.159. The monoisotopic (exact) mass is 422 g/mol. The van der Waals surface area contributed by atoms with Crippen LogP contribution in [0.3, 0.4) is 0 Å². The molecule has 0 N–H and O–H groups in total. The van der Waals surface area contributed by atoms with Gasteiger partial charge < -0.3 is 13.7 Å². The molecule has 0 aliphatic carbocycles. The molecule has 1 amide bonds. The second-order valence-electron chi connectivity index (χ2n) is 6.25. The molecular weight excluding hydrogens is 404 g/mol. The average molecular weight is 423 g/mol. The summed E-state index contributed by atoms with van der Waals surface area (Å²) in [4.78, 5) is 14.7. The van der Waals surface area contributed by atoms with Gasteiger partial charge in [-0.05, 0) is 42.5 Å². The lowest BCUT2D eigenvalue weighted by Gasteiger charge is -2.22. The van der Waals surface area contributed by atoms with Gasteiger partial charge in [-0.15, -0.1) is 0 Å². The molecule has 0 aliphatic rings. The van der Waals surface area contributed by atoms with E-state index < -0.39 is 15.9 Å². The minimum Gasteiger partial charge on any atom is -0.467 e. The SMILES string of the molecule is CN(C)S(=O)(=O)c1ccc(Cl)c(C(=O)N(Cc2ccco2)Cc2ccco2)c1. The van der Waals surface area contributed by atoms with Crippen molar-refractivity contribution in [2.24, 2.45) is 0 Å². The summed E-state index contributed by atoms with van der Waals surface area (Å²) in [5.41, 5.74) is 0.0858. The third-order valence-corrected chi connectivity index (χ3v) is 6.23. The molecule has 0 fully saturated rings. The smallest absolute Gasteiger partial charge is 0.256 e. The molecule has 0 saturated carbocycles. The van der Waals surface area contributed by atoms with Crippen LogP contribution in [0.4, 0.5) is 0 Å². The largest absolute Gasteiger partial charge is 0.467 e. The number of benzene rings is 1. The fraction of sp³-hybridized carbons (Fsp3) is 0.211. The maximum Gasteiger partial charge on any atom is 0.256 e. The fourth-order valence-electron chi connectivity index (χ4n) is 2.59. The number of halogens is 1. The predicted molar refractivity (Wildman–Crippen MR) is 103 cm³/mol. The van der Waals surface area contributed by atoms with E-state index in [1.807, 2.05) is 0 Å². The van der Waals surface area contributed by atoms with Crippen LogP contribution in [-0.4, -0.2) is 37.6 Å². The zero-order valence-electron chi connectivity index (χ0n) is 15.3. The van der Waals surface area contributed by atoms with Crippen molar-refractivity contribution in [1.82, 2.24) is 9.21 Å². The summed E-state index contributed by atoms with van der Waals surface area (Å²) in [7, 11) is -0.864. The van der Waals surface area contributed by atoms with Crippen molar-refractivity contribution >= 4 is 27.5 Å². The lowest BCUT2D eigenvalue weighted by Crippen LogP contribution is -2.30. The van der Waals surface area contributed by atoms with Crippen molar-refractivity contribution in [3.63, 3.8) is 0 Å². The quantitative estimate of drug-likeness (QED) is 0.580. The van der Waals surface area contributed by atoms with Crippen molar-refractivity contribution in [1.29, 1.82) is 0 Å². The Kier molecular flexibility index (Phi) is 5.93. The first-order valence-electron chi connectivity index (χ1n) is 8.35. The van der Waals surface area contributed by atoms with Gasteiger partial charge in [0.2, 0.25) is 10.0 Å². The third-order valence-electron chi connectivity index (χ3n) is 4.09. The van der Waals surface area contributed by atoms with Crippen molar-refractivity contribution in [3.05, 3.63) is 77.1 Å². The number of nitrogens with zero attached hydrogens (tertiary/aromatic N) is 2. The van der Waals surface area contributed by atoms with E-state index in [0.29, 0.717) is 11.5 Å². The molecule has 148 valence electrons. The van der Waals surface area contributed by atoms with Crippen LogP contribution in [0.15, 0.2) is 68.7 Å².